The van der Waals surface area contributed by atoms with E-state index in [0.717, 1.165) is 32.2 Å². The summed E-state index contributed by atoms with van der Waals surface area (Å²) in [4.78, 5) is 19.0. The molecule has 2 heterocycles. The average molecular weight is 524 g/mol. The maximum Gasteiger partial charge on any atom is 0.397 e. The van der Waals surface area contributed by atoms with Crippen molar-refractivity contribution in [2.75, 3.05) is 23.4 Å². The Labute approximate surface area is 217 Å². The van der Waals surface area contributed by atoms with Crippen molar-refractivity contribution < 1.29 is 22.7 Å². The quantitative estimate of drug-likeness (QED) is 0.248. The number of carbonyl (C=O) groups excluding carboxylic acids is 1. The van der Waals surface area contributed by atoms with Gasteiger partial charge in [-0.1, -0.05) is 27.2 Å². The lowest BCUT2D eigenvalue weighted by Crippen LogP contribution is -2.40. The standard InChI is InChI=1S/C27H40F3N5O2/c1-24(2,3)11-6-7-18-15-25(4,5)35(16-18)23-19(22(32)36)8-9-21(34-23)33-14-10-20(31)37-17-26(12-13-26)27(28,29)30/h8-10,14,18,31H,6-7,11-13,15-17H2,1-5H3,(H2,32,36)(H,33,34)/b14-10-,31-20?. The first-order chi connectivity index (χ1) is 17.0. The minimum Gasteiger partial charge on any atom is -0.477 e. The molecule has 1 aliphatic heterocycles. The van der Waals surface area contributed by atoms with Crippen LogP contribution in [0.5, 0.6) is 0 Å². The van der Waals surface area contributed by atoms with Crippen LogP contribution in [0.3, 0.4) is 0 Å². The topological polar surface area (TPSA) is 104 Å². The number of ether oxygens (including phenoxy) is 1. The van der Waals surface area contributed by atoms with Crippen LogP contribution in [-0.2, 0) is 4.74 Å². The van der Waals surface area contributed by atoms with Gasteiger partial charge in [-0.25, -0.2) is 4.98 Å². The summed E-state index contributed by atoms with van der Waals surface area (Å²) >= 11 is 0. The van der Waals surface area contributed by atoms with E-state index in [9.17, 15) is 18.0 Å². The lowest BCUT2D eigenvalue weighted by atomic mass is 9.86. The van der Waals surface area contributed by atoms with Gasteiger partial charge in [-0.15, -0.1) is 0 Å². The third-order valence-electron chi connectivity index (χ3n) is 7.32. The first kappa shape index (κ1) is 28.8. The predicted octanol–water partition coefficient (Wildman–Crippen LogP) is 6.26. The van der Waals surface area contributed by atoms with Crippen molar-refractivity contribution in [2.45, 2.75) is 84.9 Å². The van der Waals surface area contributed by atoms with Crippen molar-refractivity contribution in [1.29, 1.82) is 5.41 Å². The molecule has 10 heteroatoms. The second-order valence-corrected chi connectivity index (χ2v) is 12.3. The number of anilines is 2. The number of nitrogens with two attached hydrogens (primary N) is 1. The Morgan fingerprint density at radius 1 is 1.30 bits per heavy atom. The lowest BCUT2D eigenvalue weighted by Gasteiger charge is -2.33. The second-order valence-electron chi connectivity index (χ2n) is 12.3. The highest BCUT2D eigenvalue weighted by molar-refractivity contribution is 5.98. The first-order valence-electron chi connectivity index (χ1n) is 12.8. The van der Waals surface area contributed by atoms with E-state index in [2.05, 4.69) is 49.8 Å². The van der Waals surface area contributed by atoms with Crippen molar-refractivity contribution in [2.24, 2.45) is 22.5 Å². The number of hydrogen-bond acceptors (Lipinski definition) is 6. The van der Waals surface area contributed by atoms with E-state index in [1.54, 1.807) is 12.1 Å². The van der Waals surface area contributed by atoms with E-state index in [0.29, 0.717) is 28.5 Å². The third kappa shape index (κ3) is 7.38. The normalized spacial score (nSPS) is 20.8. The zero-order valence-electron chi connectivity index (χ0n) is 22.5. The number of nitrogens with zero attached hydrogens (tertiary/aromatic N) is 2. The largest absolute Gasteiger partial charge is 0.477 e. The van der Waals surface area contributed by atoms with E-state index >= 15 is 0 Å². The van der Waals surface area contributed by atoms with Gasteiger partial charge in [0.1, 0.15) is 23.7 Å². The Balaban J connectivity index is 1.66. The maximum atomic E-state index is 13.0. The first-order valence-corrected chi connectivity index (χ1v) is 12.8. The van der Waals surface area contributed by atoms with E-state index in [-0.39, 0.29) is 24.3 Å². The zero-order valence-corrected chi connectivity index (χ0v) is 22.5. The summed E-state index contributed by atoms with van der Waals surface area (Å²) in [5.41, 5.74) is 4.24. The van der Waals surface area contributed by atoms with Crippen LogP contribution in [0.15, 0.2) is 24.4 Å². The van der Waals surface area contributed by atoms with E-state index in [4.69, 9.17) is 15.9 Å². The van der Waals surface area contributed by atoms with Gasteiger partial charge >= 0.3 is 6.18 Å². The van der Waals surface area contributed by atoms with Crippen LogP contribution in [-0.4, -0.2) is 41.7 Å². The van der Waals surface area contributed by atoms with Crippen LogP contribution in [0.1, 0.15) is 83.5 Å². The molecule has 7 nitrogen and oxygen atoms in total. The molecule has 4 N–H and O–H groups in total. The van der Waals surface area contributed by atoms with E-state index < -0.39 is 24.1 Å². The molecule has 1 saturated carbocycles. The number of alkyl halides is 3. The molecule has 206 valence electrons. The van der Waals surface area contributed by atoms with Crippen molar-refractivity contribution in [3.8, 4) is 0 Å². The minimum atomic E-state index is -4.33. The highest BCUT2D eigenvalue weighted by Gasteiger charge is 2.64. The van der Waals surface area contributed by atoms with Gasteiger partial charge in [-0.2, -0.15) is 13.2 Å². The number of pyridine rings is 1. The highest BCUT2D eigenvalue weighted by atomic mass is 19.4. The zero-order chi connectivity index (χ0) is 27.6. The number of aromatic nitrogens is 1. The summed E-state index contributed by atoms with van der Waals surface area (Å²) in [6.07, 6.45) is 2.70. The van der Waals surface area contributed by atoms with Gasteiger partial charge < -0.3 is 20.7 Å². The number of halogens is 3. The molecule has 1 unspecified atom stereocenters. The molecule has 1 aromatic rings. The second kappa shape index (κ2) is 10.5. The molecule has 0 bridgehead atoms. The fourth-order valence-electron chi connectivity index (χ4n) is 4.93. The molecule has 1 saturated heterocycles. The van der Waals surface area contributed by atoms with Gasteiger partial charge in [-0.05, 0) is 69.4 Å². The Hall–Kier alpha value is -2.78. The SMILES string of the molecule is CC(C)(C)CCCC1CN(c2nc(N/C=C\C(=N)OCC3(C(F)(F)F)CC3)ccc2C(N)=O)C(C)(C)C1. The van der Waals surface area contributed by atoms with Gasteiger partial charge in [0.05, 0.1) is 5.56 Å². The molecule has 2 aliphatic rings. The molecule has 1 aliphatic carbocycles. The van der Waals surface area contributed by atoms with Crippen LogP contribution in [0.2, 0.25) is 0 Å². The number of rotatable bonds is 10. The fraction of sp³-hybridized carbons (Fsp3) is 0.667. The molecule has 37 heavy (non-hydrogen) atoms. The number of hydrogen-bond donors (Lipinski definition) is 3. The van der Waals surface area contributed by atoms with Gasteiger partial charge in [0.2, 0.25) is 5.90 Å². The molecular formula is C27H40F3N5O2. The molecular weight excluding hydrogens is 483 g/mol. The summed E-state index contributed by atoms with van der Waals surface area (Å²) in [5, 5.41) is 10.7. The summed E-state index contributed by atoms with van der Waals surface area (Å²) in [6.45, 7) is 11.2. The van der Waals surface area contributed by atoms with Crippen LogP contribution in [0, 0.1) is 22.2 Å². The number of carbonyl (C=O) groups is 1. The molecule has 2 fully saturated rings. The Kier molecular flexibility index (Phi) is 8.19. The molecule has 0 radical (unpaired) electrons. The molecule has 1 aromatic heterocycles. The van der Waals surface area contributed by atoms with Crippen molar-refractivity contribution in [3.63, 3.8) is 0 Å². The van der Waals surface area contributed by atoms with E-state index in [1.165, 1.54) is 12.3 Å². The smallest absolute Gasteiger partial charge is 0.397 e. The van der Waals surface area contributed by atoms with Crippen molar-refractivity contribution in [3.05, 3.63) is 30.0 Å². The van der Waals surface area contributed by atoms with Crippen LogP contribution in [0.4, 0.5) is 24.8 Å². The molecule has 3 rings (SSSR count). The summed E-state index contributed by atoms with van der Waals surface area (Å²) in [7, 11) is 0. The summed E-state index contributed by atoms with van der Waals surface area (Å²) < 4.78 is 44.1. The Bertz CT molecular complexity index is 1030. The monoisotopic (exact) mass is 523 g/mol. The van der Waals surface area contributed by atoms with Gasteiger partial charge in [-0.3, -0.25) is 10.2 Å². The predicted molar refractivity (Wildman–Crippen MR) is 140 cm³/mol. The Morgan fingerprint density at radius 3 is 2.54 bits per heavy atom. The van der Waals surface area contributed by atoms with Crippen LogP contribution < -0.4 is 16.0 Å². The Morgan fingerprint density at radius 2 is 1.97 bits per heavy atom. The molecule has 0 aromatic carbocycles. The average Bonchev–Trinajstić information content (AvgIpc) is 3.50. The lowest BCUT2D eigenvalue weighted by molar-refractivity contribution is -0.195. The van der Waals surface area contributed by atoms with Crippen molar-refractivity contribution >= 4 is 23.4 Å². The fourth-order valence-corrected chi connectivity index (χ4v) is 4.93. The van der Waals surface area contributed by atoms with Crippen molar-refractivity contribution in [1.82, 2.24) is 4.98 Å². The number of amides is 1. The maximum absolute atomic E-state index is 13.0. The number of primary amides is 1. The molecule has 1 atom stereocenters. The molecule has 0 spiro atoms. The van der Waals surface area contributed by atoms with Crippen LogP contribution in [0.25, 0.3) is 0 Å². The summed E-state index contributed by atoms with van der Waals surface area (Å²) in [6, 6.07) is 3.22. The highest BCUT2D eigenvalue weighted by Crippen LogP contribution is 2.57. The van der Waals surface area contributed by atoms with Crippen LogP contribution >= 0.6 is 0 Å². The van der Waals surface area contributed by atoms with Gasteiger partial charge in [0, 0.05) is 24.4 Å². The van der Waals surface area contributed by atoms with Gasteiger partial charge in [0.25, 0.3) is 5.91 Å². The third-order valence-corrected chi connectivity index (χ3v) is 7.32. The van der Waals surface area contributed by atoms with E-state index in [1.807, 2.05) is 0 Å². The summed E-state index contributed by atoms with van der Waals surface area (Å²) in [5.74, 6) is 0.452. The molecule has 1 amide bonds. The number of nitrogens with one attached hydrogen (secondary N) is 2. The van der Waals surface area contributed by atoms with Gasteiger partial charge in [0.15, 0.2) is 0 Å². The minimum absolute atomic E-state index is 0.0228.